The summed E-state index contributed by atoms with van der Waals surface area (Å²) in [7, 11) is -9.55. The number of imidazole rings is 1. The van der Waals surface area contributed by atoms with E-state index in [4.69, 9.17) is 30.6 Å². The van der Waals surface area contributed by atoms with Gasteiger partial charge in [-0.25, -0.2) is 4.98 Å². The van der Waals surface area contributed by atoms with Gasteiger partial charge in [0.2, 0.25) is 5.28 Å². The van der Waals surface area contributed by atoms with Crippen molar-refractivity contribution in [3.05, 3.63) is 11.6 Å². The number of unbranched alkanes of at least 4 members (excludes halogenated alkanes) is 18. The molecule has 17 heteroatoms. The summed E-state index contributed by atoms with van der Waals surface area (Å²) in [4.78, 5) is 43.8. The van der Waals surface area contributed by atoms with Crippen molar-refractivity contribution >= 4 is 43.8 Å². The van der Waals surface area contributed by atoms with E-state index in [1.165, 1.54) is 114 Å². The van der Waals surface area contributed by atoms with Crippen LogP contribution < -0.4 is 4.90 Å². The molecule has 1 fully saturated rings. The third kappa shape index (κ3) is 15.9. The van der Waals surface area contributed by atoms with Gasteiger partial charge in [0, 0.05) is 13.1 Å². The summed E-state index contributed by atoms with van der Waals surface area (Å²) in [5.41, 5.74) is 0.758. The summed E-state index contributed by atoms with van der Waals surface area (Å²) in [5, 5.41) is 21.6. The van der Waals surface area contributed by atoms with E-state index in [2.05, 4.69) is 33.7 Å². The second-order valence-corrected chi connectivity index (χ2v) is 18.6. The minimum absolute atomic E-state index is 0.00743. The minimum Gasteiger partial charge on any atom is -0.387 e. The Kier molecular flexibility index (Phi) is 20.6. The molecule has 0 bridgehead atoms. The van der Waals surface area contributed by atoms with Gasteiger partial charge in [-0.15, -0.1) is 0 Å². The van der Waals surface area contributed by atoms with Crippen molar-refractivity contribution in [3.8, 4) is 0 Å². The van der Waals surface area contributed by atoms with Crippen molar-refractivity contribution in [2.75, 3.05) is 30.5 Å². The van der Waals surface area contributed by atoms with E-state index < -0.39 is 52.2 Å². The molecule has 300 valence electrons. The highest BCUT2D eigenvalue weighted by molar-refractivity contribution is 7.70. The highest BCUT2D eigenvalue weighted by atomic mass is 35.5. The van der Waals surface area contributed by atoms with Crippen LogP contribution in [0.3, 0.4) is 0 Å². The average Bonchev–Trinajstić information content (AvgIpc) is 3.62. The Morgan fingerprint density at radius 2 is 1.25 bits per heavy atom. The molecule has 3 rings (SSSR count). The number of anilines is 1. The Bertz CT molecular complexity index is 1380. The largest absolute Gasteiger partial charge is 0.387 e. The van der Waals surface area contributed by atoms with Gasteiger partial charge in [-0.1, -0.05) is 129 Å². The molecule has 3 heterocycles. The highest BCUT2D eigenvalue weighted by Gasteiger charge is 2.46. The van der Waals surface area contributed by atoms with Crippen LogP contribution >= 0.6 is 26.8 Å². The SMILES string of the molecule is CCCCCCCCCCCCN(CCCCCCCCCCCC)c1nc(Cl)nc2c1ncn2C1OC(COP(=O)(O)CP(=O)(O)O)C(O)C1O. The lowest BCUT2D eigenvalue weighted by atomic mass is 10.1. The first-order valence-electron chi connectivity index (χ1n) is 19.5. The number of hydrogen-bond acceptors (Lipinski definition) is 10. The molecule has 0 aromatic carbocycles. The Morgan fingerprint density at radius 3 is 1.73 bits per heavy atom. The molecule has 0 radical (unpaired) electrons. The number of halogens is 1. The smallest absolute Gasteiger partial charge is 0.340 e. The van der Waals surface area contributed by atoms with E-state index in [0.29, 0.717) is 17.0 Å². The van der Waals surface area contributed by atoms with E-state index in [9.17, 15) is 24.2 Å². The van der Waals surface area contributed by atoms with Gasteiger partial charge in [0.25, 0.3) is 0 Å². The minimum atomic E-state index is -4.84. The summed E-state index contributed by atoms with van der Waals surface area (Å²) < 4.78 is 35.5. The maximum absolute atomic E-state index is 12.2. The number of fused-ring (bicyclic) bond motifs is 1. The number of rotatable bonds is 29. The van der Waals surface area contributed by atoms with Crippen molar-refractivity contribution in [1.29, 1.82) is 0 Å². The molecule has 0 aliphatic carbocycles. The first-order valence-corrected chi connectivity index (χ1v) is 23.5. The Balaban J connectivity index is 1.67. The third-order valence-electron chi connectivity index (χ3n) is 9.65. The van der Waals surface area contributed by atoms with Gasteiger partial charge in [-0.05, 0) is 24.4 Å². The monoisotopic (exact) mass is 795 g/mol. The second-order valence-electron chi connectivity index (χ2n) is 14.3. The van der Waals surface area contributed by atoms with E-state index in [-0.39, 0.29) is 5.28 Å². The molecule has 14 nitrogen and oxygen atoms in total. The summed E-state index contributed by atoms with van der Waals surface area (Å²) in [5.74, 6) is -0.791. The fourth-order valence-electron chi connectivity index (χ4n) is 6.75. The van der Waals surface area contributed by atoms with Gasteiger partial charge in [0.1, 0.15) is 18.3 Å². The van der Waals surface area contributed by atoms with E-state index in [0.717, 1.165) is 38.8 Å². The van der Waals surface area contributed by atoms with Crippen LogP contribution in [0, 0.1) is 0 Å². The molecule has 0 amide bonds. The van der Waals surface area contributed by atoms with Crippen LogP contribution in [0.1, 0.15) is 148 Å². The first kappa shape index (κ1) is 45.2. The molecule has 0 spiro atoms. The fourth-order valence-corrected chi connectivity index (χ4v) is 9.48. The van der Waals surface area contributed by atoms with Crippen LogP contribution in [0.4, 0.5) is 5.82 Å². The van der Waals surface area contributed by atoms with Gasteiger partial charge in [0.15, 0.2) is 29.1 Å². The third-order valence-corrected chi connectivity index (χ3v) is 13.3. The molecule has 1 aliphatic heterocycles. The molecular formula is C35H64ClN5O9P2. The number of aromatic nitrogens is 4. The van der Waals surface area contributed by atoms with Crippen molar-refractivity contribution in [2.45, 2.75) is 167 Å². The van der Waals surface area contributed by atoms with Crippen molar-refractivity contribution in [2.24, 2.45) is 0 Å². The van der Waals surface area contributed by atoms with Crippen LogP contribution in [0.15, 0.2) is 6.33 Å². The molecule has 5 unspecified atom stereocenters. The fraction of sp³-hybridized carbons (Fsp3) is 0.857. The Hall–Kier alpha value is -1.18. The molecular weight excluding hydrogens is 732 g/mol. The van der Waals surface area contributed by atoms with E-state index in [1.807, 2.05) is 0 Å². The zero-order valence-corrected chi connectivity index (χ0v) is 33.8. The normalized spacial score (nSPS) is 20.5. The second kappa shape index (κ2) is 23.7. The average molecular weight is 796 g/mol. The summed E-state index contributed by atoms with van der Waals surface area (Å²) >= 11 is 6.49. The Morgan fingerprint density at radius 1 is 0.769 bits per heavy atom. The van der Waals surface area contributed by atoms with Crippen LogP contribution in [-0.2, 0) is 18.4 Å². The van der Waals surface area contributed by atoms with Gasteiger partial charge >= 0.3 is 15.2 Å². The topological polar surface area (TPSA) is 201 Å². The lowest BCUT2D eigenvalue weighted by molar-refractivity contribution is -0.0483. The molecule has 52 heavy (non-hydrogen) atoms. The number of aliphatic hydroxyl groups excluding tert-OH is 2. The van der Waals surface area contributed by atoms with Gasteiger partial charge in [0.05, 0.1) is 12.9 Å². The lowest BCUT2D eigenvalue weighted by Gasteiger charge is -2.24. The molecule has 1 aliphatic rings. The quantitative estimate of drug-likeness (QED) is 0.0301. The predicted molar refractivity (Wildman–Crippen MR) is 205 cm³/mol. The molecule has 1 saturated heterocycles. The highest BCUT2D eigenvalue weighted by Crippen LogP contribution is 2.55. The number of nitrogens with zero attached hydrogens (tertiary/aromatic N) is 5. The van der Waals surface area contributed by atoms with E-state index >= 15 is 0 Å². The van der Waals surface area contributed by atoms with Crippen molar-refractivity contribution in [1.82, 2.24) is 19.5 Å². The van der Waals surface area contributed by atoms with Gasteiger partial charge in [-0.2, -0.15) is 9.97 Å². The molecule has 5 N–H and O–H groups in total. The number of hydrogen-bond donors (Lipinski definition) is 5. The van der Waals surface area contributed by atoms with Crippen LogP contribution in [-0.4, -0.2) is 88.3 Å². The van der Waals surface area contributed by atoms with Crippen molar-refractivity contribution < 1.29 is 43.3 Å². The van der Waals surface area contributed by atoms with E-state index in [1.54, 1.807) is 0 Å². The zero-order valence-electron chi connectivity index (χ0n) is 31.2. The maximum Gasteiger partial charge on any atom is 0.340 e. The molecule has 5 atom stereocenters. The number of aliphatic hydroxyl groups is 2. The maximum atomic E-state index is 12.2. The lowest BCUT2D eigenvalue weighted by Crippen LogP contribution is -2.33. The van der Waals surface area contributed by atoms with Gasteiger partial charge in [-0.3, -0.25) is 13.7 Å². The van der Waals surface area contributed by atoms with Crippen LogP contribution in [0.25, 0.3) is 11.2 Å². The Labute approximate surface area is 314 Å². The first-order chi connectivity index (χ1) is 24.9. The predicted octanol–water partition coefficient (Wildman–Crippen LogP) is 8.08. The summed E-state index contributed by atoms with van der Waals surface area (Å²) in [6.45, 7) is 5.34. The summed E-state index contributed by atoms with van der Waals surface area (Å²) in [6.07, 6.45) is 20.5. The molecule has 2 aromatic heterocycles. The zero-order chi connectivity index (χ0) is 38.0. The summed E-state index contributed by atoms with van der Waals surface area (Å²) in [6, 6.07) is 0. The van der Waals surface area contributed by atoms with Crippen molar-refractivity contribution in [3.63, 3.8) is 0 Å². The standard InChI is InChI=1S/C35H64ClN5O9P2/c1-3-5-7-9-11-13-15-17-19-21-23-40(24-22-20-18-16-14-12-10-8-6-4-2)32-29-33(39-35(36)38-32)41(26-37-29)34-31(43)30(42)28(50-34)25-49-52(47,48)27-51(44,45)46/h26,28,30-31,34,42-43H,3-25,27H2,1-2H3,(H,47,48)(H2,44,45,46). The van der Waals surface area contributed by atoms with Crippen LogP contribution in [0.2, 0.25) is 5.28 Å². The molecule has 2 aromatic rings. The van der Waals surface area contributed by atoms with Gasteiger partial charge < -0.3 is 39.1 Å². The van der Waals surface area contributed by atoms with Crippen LogP contribution in [0.5, 0.6) is 0 Å². The molecule has 0 saturated carbocycles. The number of ether oxygens (including phenoxy) is 1.